The van der Waals surface area contributed by atoms with E-state index in [4.69, 9.17) is 4.84 Å². The molecule has 1 atom stereocenters. The summed E-state index contributed by atoms with van der Waals surface area (Å²) in [7, 11) is -3.54. The molecule has 1 aromatic carbocycles. The van der Waals surface area contributed by atoms with E-state index in [0.717, 1.165) is 12.8 Å². The first-order valence-electron chi connectivity index (χ1n) is 8.08. The fourth-order valence-corrected chi connectivity index (χ4v) is 4.62. The minimum Gasteiger partial charge on any atom is -0.272 e. The summed E-state index contributed by atoms with van der Waals surface area (Å²) in [5, 5.41) is 1.42. The van der Waals surface area contributed by atoms with Crippen molar-refractivity contribution in [2.24, 2.45) is 5.92 Å². The van der Waals surface area contributed by atoms with Crippen LogP contribution < -0.4 is 0 Å². The van der Waals surface area contributed by atoms with Gasteiger partial charge in [0.1, 0.15) is 0 Å². The number of rotatable bonds is 3. The van der Waals surface area contributed by atoms with Gasteiger partial charge in [-0.15, -0.1) is 0 Å². The molecule has 2 aliphatic heterocycles. The Kier molecular flexibility index (Phi) is 4.99. The van der Waals surface area contributed by atoms with Crippen molar-refractivity contribution >= 4 is 15.9 Å². The molecule has 0 radical (unpaired) electrons. The Labute approximate surface area is 137 Å². The fraction of sp³-hybridized carbons (Fsp3) is 0.562. The molecule has 0 bridgehead atoms. The third-order valence-corrected chi connectivity index (χ3v) is 6.24. The van der Waals surface area contributed by atoms with Gasteiger partial charge in [0.15, 0.2) is 0 Å². The summed E-state index contributed by atoms with van der Waals surface area (Å²) >= 11 is 0. The maximum Gasteiger partial charge on any atom is 0.250 e. The van der Waals surface area contributed by atoms with Crippen LogP contribution in [0.15, 0.2) is 35.2 Å². The highest BCUT2D eigenvalue weighted by molar-refractivity contribution is 7.89. The minimum atomic E-state index is -3.54. The third-order valence-electron chi connectivity index (χ3n) is 4.36. The number of nitrogens with zero attached hydrogens (tertiary/aromatic N) is 2. The van der Waals surface area contributed by atoms with Gasteiger partial charge in [0.2, 0.25) is 10.0 Å². The monoisotopic (exact) mass is 338 g/mol. The third kappa shape index (κ3) is 3.57. The second kappa shape index (κ2) is 6.98. The van der Waals surface area contributed by atoms with Crippen LogP contribution >= 0.6 is 0 Å². The number of piperidine rings is 1. The van der Waals surface area contributed by atoms with Crippen LogP contribution in [0.2, 0.25) is 0 Å². The Bertz CT molecular complexity index is 641. The molecular weight excluding hydrogens is 316 g/mol. The Morgan fingerprint density at radius 3 is 2.57 bits per heavy atom. The second-order valence-electron chi connectivity index (χ2n) is 6.00. The summed E-state index contributed by atoms with van der Waals surface area (Å²) in [4.78, 5) is 18.2. The zero-order valence-corrected chi connectivity index (χ0v) is 13.9. The highest BCUT2D eigenvalue weighted by atomic mass is 32.2. The molecule has 2 fully saturated rings. The van der Waals surface area contributed by atoms with Crippen LogP contribution in [-0.4, -0.2) is 49.9 Å². The minimum absolute atomic E-state index is 0.0855. The van der Waals surface area contributed by atoms with Crippen LogP contribution in [0.1, 0.15) is 25.7 Å². The average molecular weight is 338 g/mol. The zero-order valence-electron chi connectivity index (χ0n) is 13.1. The van der Waals surface area contributed by atoms with E-state index in [9.17, 15) is 13.2 Å². The summed E-state index contributed by atoms with van der Waals surface area (Å²) in [5.74, 6) is -0.405. The van der Waals surface area contributed by atoms with E-state index >= 15 is 0 Å². The van der Waals surface area contributed by atoms with E-state index in [1.54, 1.807) is 30.3 Å². The maximum atomic E-state index is 12.7. The van der Waals surface area contributed by atoms with Crippen LogP contribution in [0, 0.1) is 5.92 Å². The van der Waals surface area contributed by atoms with Gasteiger partial charge in [0, 0.05) is 19.6 Å². The van der Waals surface area contributed by atoms with Crippen LogP contribution in [0.25, 0.3) is 0 Å². The topological polar surface area (TPSA) is 66.9 Å². The highest BCUT2D eigenvalue weighted by Crippen LogP contribution is 2.25. The van der Waals surface area contributed by atoms with Crippen molar-refractivity contribution < 1.29 is 18.0 Å². The first-order valence-corrected chi connectivity index (χ1v) is 9.52. The molecule has 2 saturated heterocycles. The van der Waals surface area contributed by atoms with Crippen LogP contribution in [-0.2, 0) is 19.7 Å². The van der Waals surface area contributed by atoms with Crippen molar-refractivity contribution in [1.29, 1.82) is 0 Å². The number of hydrogen-bond acceptors (Lipinski definition) is 4. The molecule has 23 heavy (non-hydrogen) atoms. The average Bonchev–Trinajstić information content (AvgIpc) is 2.62. The molecule has 0 unspecified atom stereocenters. The second-order valence-corrected chi connectivity index (χ2v) is 7.93. The number of hydrogen-bond donors (Lipinski definition) is 0. The lowest BCUT2D eigenvalue weighted by molar-refractivity contribution is -0.202. The van der Waals surface area contributed by atoms with Gasteiger partial charge in [0.25, 0.3) is 5.91 Å². The van der Waals surface area contributed by atoms with Gasteiger partial charge < -0.3 is 0 Å². The van der Waals surface area contributed by atoms with Crippen molar-refractivity contribution in [3.8, 4) is 0 Å². The Hall–Kier alpha value is -1.44. The summed E-state index contributed by atoms with van der Waals surface area (Å²) in [6.45, 7) is 1.85. The molecule has 6 nitrogen and oxygen atoms in total. The molecule has 1 amide bonds. The summed E-state index contributed by atoms with van der Waals surface area (Å²) < 4.78 is 26.8. The van der Waals surface area contributed by atoms with Crippen molar-refractivity contribution in [3.05, 3.63) is 30.3 Å². The Morgan fingerprint density at radius 2 is 1.87 bits per heavy atom. The number of sulfonamides is 1. The lowest BCUT2D eigenvalue weighted by Crippen LogP contribution is -2.47. The predicted molar refractivity (Wildman–Crippen MR) is 84.8 cm³/mol. The fourth-order valence-electron chi connectivity index (χ4n) is 3.08. The molecular formula is C16H22N2O4S. The molecule has 0 N–H and O–H groups in total. The zero-order chi connectivity index (χ0) is 16.3. The Morgan fingerprint density at radius 1 is 1.09 bits per heavy atom. The molecule has 3 rings (SSSR count). The van der Waals surface area contributed by atoms with Gasteiger partial charge >= 0.3 is 0 Å². The summed E-state index contributed by atoms with van der Waals surface area (Å²) in [6.07, 6.45) is 3.29. The van der Waals surface area contributed by atoms with Gasteiger partial charge in [-0.1, -0.05) is 18.2 Å². The predicted octanol–water partition coefficient (Wildman–Crippen LogP) is 1.64. The maximum absolute atomic E-state index is 12.7. The van der Waals surface area contributed by atoms with Gasteiger partial charge in [0.05, 0.1) is 17.4 Å². The van der Waals surface area contributed by atoms with Gasteiger partial charge in [-0.3, -0.25) is 9.63 Å². The van der Waals surface area contributed by atoms with Crippen molar-refractivity contribution in [1.82, 2.24) is 9.37 Å². The normalized spacial score (nSPS) is 23.7. The molecule has 1 aromatic rings. The van der Waals surface area contributed by atoms with E-state index < -0.39 is 10.0 Å². The van der Waals surface area contributed by atoms with Crippen molar-refractivity contribution in [2.75, 3.05) is 26.2 Å². The van der Waals surface area contributed by atoms with Gasteiger partial charge in [-0.2, -0.15) is 4.31 Å². The number of carbonyl (C=O) groups excluding carboxylic acids is 1. The highest BCUT2D eigenvalue weighted by Gasteiger charge is 2.35. The van der Waals surface area contributed by atoms with E-state index in [0.29, 0.717) is 32.5 Å². The molecule has 126 valence electrons. The van der Waals surface area contributed by atoms with Crippen LogP contribution in [0.4, 0.5) is 0 Å². The lowest BCUT2D eigenvalue weighted by atomic mass is 9.98. The quantitative estimate of drug-likeness (QED) is 0.840. The lowest BCUT2D eigenvalue weighted by Gasteiger charge is -2.35. The summed E-state index contributed by atoms with van der Waals surface area (Å²) in [6, 6.07) is 8.39. The molecule has 0 spiro atoms. The first kappa shape index (κ1) is 16.4. The number of carbonyl (C=O) groups is 1. The largest absolute Gasteiger partial charge is 0.272 e. The van der Waals surface area contributed by atoms with E-state index in [2.05, 4.69) is 0 Å². The number of amides is 1. The van der Waals surface area contributed by atoms with Crippen LogP contribution in [0.5, 0.6) is 0 Å². The van der Waals surface area contributed by atoms with Gasteiger partial charge in [-0.05, 0) is 37.8 Å². The molecule has 2 aliphatic rings. The molecule has 0 saturated carbocycles. The Balaban J connectivity index is 1.72. The molecule has 0 aromatic heterocycles. The van der Waals surface area contributed by atoms with Crippen molar-refractivity contribution in [2.45, 2.75) is 30.6 Å². The molecule has 7 heteroatoms. The standard InChI is InChI=1S/C16H22N2O4S/c19-16(18-11-4-5-12-22-18)14-7-6-10-17(13-14)23(20,21)15-8-2-1-3-9-15/h1-3,8-9,14H,4-7,10-13H2/t14-/m0/s1. The SMILES string of the molecule is O=C([C@H]1CCCN(S(=O)(=O)c2ccccc2)C1)N1CCCCO1. The van der Waals surface area contributed by atoms with Crippen LogP contribution in [0.3, 0.4) is 0 Å². The smallest absolute Gasteiger partial charge is 0.250 e. The van der Waals surface area contributed by atoms with Gasteiger partial charge in [-0.25, -0.2) is 13.5 Å². The van der Waals surface area contributed by atoms with E-state index in [1.165, 1.54) is 9.37 Å². The number of benzene rings is 1. The summed E-state index contributed by atoms with van der Waals surface area (Å²) in [5.41, 5.74) is 0. The molecule has 0 aliphatic carbocycles. The first-order chi connectivity index (χ1) is 11.1. The van der Waals surface area contributed by atoms with E-state index in [1.807, 2.05) is 0 Å². The van der Waals surface area contributed by atoms with E-state index in [-0.39, 0.29) is 23.3 Å². The molecule has 2 heterocycles. The van der Waals surface area contributed by atoms with Crippen molar-refractivity contribution in [3.63, 3.8) is 0 Å². The number of hydroxylamine groups is 2.